The van der Waals surface area contributed by atoms with E-state index in [1.54, 1.807) is 20.3 Å². The predicted octanol–water partition coefficient (Wildman–Crippen LogP) is 5.80. The molecule has 2 rings (SSSR count). The number of alkyl halides is 1. The number of ether oxygens (including phenoxy) is 2. The smallest absolute Gasteiger partial charge is 0.162 e. The Morgan fingerprint density at radius 2 is 1.48 bits per heavy atom. The average molecular weight is 390 g/mol. The van der Waals surface area contributed by atoms with Crippen LogP contribution in [0.2, 0.25) is 10.0 Å². The second-order valence-corrected chi connectivity index (χ2v) is 6.35. The number of methoxy groups -OCH3 is 2. The van der Waals surface area contributed by atoms with Gasteiger partial charge in [-0.2, -0.15) is 0 Å². The van der Waals surface area contributed by atoms with Crippen LogP contribution in [0.25, 0.3) is 0 Å². The molecular formula is C16H15BrCl2O2. The quantitative estimate of drug-likeness (QED) is 0.615. The molecule has 2 aromatic carbocycles. The van der Waals surface area contributed by atoms with Crippen molar-refractivity contribution in [3.63, 3.8) is 0 Å². The van der Waals surface area contributed by atoms with Crippen LogP contribution >= 0.6 is 39.1 Å². The lowest BCUT2D eigenvalue weighted by Gasteiger charge is -2.17. The molecule has 2 aromatic rings. The molecule has 0 aliphatic rings. The Morgan fingerprint density at radius 1 is 0.905 bits per heavy atom. The molecule has 112 valence electrons. The molecule has 5 heteroatoms. The van der Waals surface area contributed by atoms with E-state index in [-0.39, 0.29) is 4.83 Å². The highest BCUT2D eigenvalue weighted by atomic mass is 79.9. The molecule has 0 aliphatic carbocycles. The van der Waals surface area contributed by atoms with Crippen molar-refractivity contribution in [2.24, 2.45) is 0 Å². The summed E-state index contributed by atoms with van der Waals surface area (Å²) in [5, 5.41) is 1.29. The van der Waals surface area contributed by atoms with Gasteiger partial charge in [-0.05, 0) is 35.7 Å². The van der Waals surface area contributed by atoms with Crippen molar-refractivity contribution in [2.75, 3.05) is 14.2 Å². The summed E-state index contributed by atoms with van der Waals surface area (Å²) >= 11 is 16.4. The van der Waals surface area contributed by atoms with Crippen molar-refractivity contribution in [2.45, 2.75) is 11.8 Å². The van der Waals surface area contributed by atoms with Crippen molar-refractivity contribution >= 4 is 39.1 Å². The van der Waals surface area contributed by atoms with Crippen molar-refractivity contribution in [3.8, 4) is 11.5 Å². The van der Waals surface area contributed by atoms with Crippen LogP contribution < -0.4 is 9.47 Å². The fourth-order valence-electron chi connectivity index (χ4n) is 2.07. The Labute approximate surface area is 143 Å². The van der Waals surface area contributed by atoms with Crippen molar-refractivity contribution in [1.29, 1.82) is 0 Å². The third-order valence-electron chi connectivity index (χ3n) is 3.20. The summed E-state index contributed by atoms with van der Waals surface area (Å²) in [6, 6.07) is 9.54. The first-order valence-corrected chi connectivity index (χ1v) is 7.96. The highest BCUT2D eigenvalue weighted by molar-refractivity contribution is 9.09. The molecule has 0 N–H and O–H groups in total. The fourth-order valence-corrected chi connectivity index (χ4v) is 3.72. The first-order valence-electron chi connectivity index (χ1n) is 6.29. The molecule has 0 bridgehead atoms. The lowest BCUT2D eigenvalue weighted by Crippen LogP contribution is -1.98. The predicted molar refractivity (Wildman–Crippen MR) is 91.5 cm³/mol. The third kappa shape index (κ3) is 3.47. The summed E-state index contributed by atoms with van der Waals surface area (Å²) < 4.78 is 10.6. The summed E-state index contributed by atoms with van der Waals surface area (Å²) in [5.74, 6) is 1.23. The average Bonchev–Trinajstić information content (AvgIpc) is 2.46. The lowest BCUT2D eigenvalue weighted by atomic mass is 10.0. The maximum absolute atomic E-state index is 6.36. The summed E-state index contributed by atoms with van der Waals surface area (Å²) in [7, 11) is 3.17. The minimum absolute atomic E-state index is 0.127. The summed E-state index contributed by atoms with van der Waals surface area (Å²) in [5.41, 5.74) is 2.94. The zero-order chi connectivity index (χ0) is 15.6. The second-order valence-electron chi connectivity index (χ2n) is 4.62. The van der Waals surface area contributed by atoms with E-state index in [1.807, 2.05) is 31.2 Å². The molecule has 0 radical (unpaired) electrons. The molecule has 2 nitrogen and oxygen atoms in total. The van der Waals surface area contributed by atoms with Crippen LogP contribution in [-0.4, -0.2) is 14.2 Å². The van der Waals surface area contributed by atoms with Crippen LogP contribution in [0.4, 0.5) is 0 Å². The highest BCUT2D eigenvalue weighted by Crippen LogP contribution is 2.43. The van der Waals surface area contributed by atoms with Gasteiger partial charge in [-0.15, -0.1) is 0 Å². The zero-order valence-electron chi connectivity index (χ0n) is 11.9. The van der Waals surface area contributed by atoms with Crippen molar-refractivity contribution < 1.29 is 9.47 Å². The van der Waals surface area contributed by atoms with E-state index in [0.29, 0.717) is 21.5 Å². The molecule has 0 fully saturated rings. The Kier molecular flexibility index (Phi) is 5.42. The van der Waals surface area contributed by atoms with Gasteiger partial charge in [-0.1, -0.05) is 51.3 Å². The first kappa shape index (κ1) is 16.5. The molecule has 21 heavy (non-hydrogen) atoms. The van der Waals surface area contributed by atoms with Crippen LogP contribution in [0.5, 0.6) is 11.5 Å². The number of rotatable bonds is 4. The molecular weight excluding hydrogens is 375 g/mol. The second kappa shape index (κ2) is 6.91. The van der Waals surface area contributed by atoms with Gasteiger partial charge in [0, 0.05) is 16.1 Å². The Morgan fingerprint density at radius 3 is 2.05 bits per heavy atom. The highest BCUT2D eigenvalue weighted by Gasteiger charge is 2.19. The fraction of sp³-hybridized carbons (Fsp3) is 0.250. The number of benzene rings is 2. The van der Waals surface area contributed by atoms with Crippen LogP contribution in [0.3, 0.4) is 0 Å². The molecule has 0 spiro atoms. The van der Waals surface area contributed by atoms with Gasteiger partial charge in [0.05, 0.1) is 19.0 Å². The summed E-state index contributed by atoms with van der Waals surface area (Å²) in [4.78, 5) is -0.127. The molecule has 0 saturated heterocycles. The molecule has 0 aromatic heterocycles. The van der Waals surface area contributed by atoms with Gasteiger partial charge in [0.2, 0.25) is 0 Å². The largest absolute Gasteiger partial charge is 0.493 e. The van der Waals surface area contributed by atoms with Gasteiger partial charge in [-0.3, -0.25) is 0 Å². The number of hydrogen-bond donors (Lipinski definition) is 0. The van der Waals surface area contributed by atoms with E-state index < -0.39 is 0 Å². The van der Waals surface area contributed by atoms with E-state index in [1.165, 1.54) is 0 Å². The normalized spacial score (nSPS) is 12.1. The van der Waals surface area contributed by atoms with Crippen LogP contribution in [0, 0.1) is 6.92 Å². The van der Waals surface area contributed by atoms with E-state index in [0.717, 1.165) is 16.7 Å². The monoisotopic (exact) mass is 388 g/mol. The molecule has 0 aliphatic heterocycles. The zero-order valence-corrected chi connectivity index (χ0v) is 15.0. The Balaban J connectivity index is 2.50. The molecule has 0 heterocycles. The van der Waals surface area contributed by atoms with E-state index >= 15 is 0 Å². The Hall–Kier alpha value is -0.900. The molecule has 0 saturated carbocycles. The van der Waals surface area contributed by atoms with Gasteiger partial charge in [-0.25, -0.2) is 0 Å². The van der Waals surface area contributed by atoms with Crippen LogP contribution in [0.1, 0.15) is 21.5 Å². The maximum Gasteiger partial charge on any atom is 0.162 e. The van der Waals surface area contributed by atoms with Gasteiger partial charge >= 0.3 is 0 Å². The lowest BCUT2D eigenvalue weighted by molar-refractivity contribution is 0.354. The van der Waals surface area contributed by atoms with Crippen molar-refractivity contribution in [1.82, 2.24) is 0 Å². The van der Waals surface area contributed by atoms with Crippen LogP contribution in [-0.2, 0) is 0 Å². The van der Waals surface area contributed by atoms with E-state index in [9.17, 15) is 0 Å². The van der Waals surface area contributed by atoms with Crippen LogP contribution in [0.15, 0.2) is 30.3 Å². The SMILES string of the molecule is COc1cc(Cl)c(C(Br)c2ccc(C)cc2Cl)cc1OC. The van der Waals surface area contributed by atoms with E-state index in [4.69, 9.17) is 32.7 Å². The Bertz CT molecular complexity index is 659. The van der Waals surface area contributed by atoms with Gasteiger partial charge in [0.25, 0.3) is 0 Å². The van der Waals surface area contributed by atoms with Gasteiger partial charge in [0.1, 0.15) is 0 Å². The van der Waals surface area contributed by atoms with Gasteiger partial charge in [0.15, 0.2) is 11.5 Å². The number of aryl methyl sites for hydroxylation is 1. The standard InChI is InChI=1S/C16H15BrCl2O2/c1-9-4-5-10(12(18)6-9)16(17)11-7-14(20-2)15(21-3)8-13(11)19/h4-8,16H,1-3H3. The minimum atomic E-state index is -0.127. The minimum Gasteiger partial charge on any atom is -0.493 e. The van der Waals surface area contributed by atoms with Crippen molar-refractivity contribution in [3.05, 3.63) is 57.1 Å². The summed E-state index contributed by atoms with van der Waals surface area (Å²) in [6.07, 6.45) is 0. The topological polar surface area (TPSA) is 18.5 Å². The first-order chi connectivity index (χ1) is 9.97. The number of halogens is 3. The number of hydrogen-bond acceptors (Lipinski definition) is 2. The molecule has 1 unspecified atom stereocenters. The summed E-state index contributed by atoms with van der Waals surface area (Å²) in [6.45, 7) is 2.00. The third-order valence-corrected chi connectivity index (χ3v) is 4.85. The molecule has 0 amide bonds. The van der Waals surface area contributed by atoms with Gasteiger partial charge < -0.3 is 9.47 Å². The van der Waals surface area contributed by atoms with E-state index in [2.05, 4.69) is 15.9 Å². The maximum atomic E-state index is 6.36. The molecule has 1 atom stereocenters.